The number of aliphatic carboxylic acids is 1. The van der Waals surface area contributed by atoms with Crippen molar-refractivity contribution in [2.45, 2.75) is 44.9 Å². The van der Waals surface area contributed by atoms with Crippen molar-refractivity contribution in [3.05, 3.63) is 12.7 Å². The van der Waals surface area contributed by atoms with Crippen molar-refractivity contribution in [2.24, 2.45) is 0 Å². The Hall–Kier alpha value is -2.25. The lowest BCUT2D eigenvalue weighted by Crippen LogP contribution is -2.44. The molecule has 0 aliphatic carbocycles. The smallest absolute Gasteiger partial charge is 0.411 e. The summed E-state index contributed by atoms with van der Waals surface area (Å²) < 4.78 is 9.96. The second-order valence-corrected chi connectivity index (χ2v) is 5.95. The zero-order valence-electron chi connectivity index (χ0n) is 13.0. The van der Waals surface area contributed by atoms with Crippen molar-refractivity contribution in [1.29, 1.82) is 0 Å². The molecule has 1 fully saturated rings. The number of rotatable bonds is 4. The van der Waals surface area contributed by atoms with Gasteiger partial charge in [0.2, 0.25) is 0 Å². The van der Waals surface area contributed by atoms with Gasteiger partial charge in [0.05, 0.1) is 6.04 Å². The molecule has 0 saturated carbocycles. The van der Waals surface area contributed by atoms with E-state index in [4.69, 9.17) is 9.47 Å². The molecule has 2 N–H and O–H groups in total. The molecule has 0 aromatic heterocycles. The normalized spacial score (nSPS) is 21.1. The molecule has 1 aliphatic heterocycles. The molecular weight excluding hydrogens is 292 g/mol. The van der Waals surface area contributed by atoms with Gasteiger partial charge in [0.25, 0.3) is 0 Å². The van der Waals surface area contributed by atoms with Gasteiger partial charge in [-0.05, 0) is 20.8 Å². The fraction of sp³-hybridized carbons (Fsp3) is 0.643. The van der Waals surface area contributed by atoms with E-state index in [1.807, 2.05) is 0 Å². The molecule has 0 spiro atoms. The molecule has 8 heteroatoms. The first kappa shape index (κ1) is 17.8. The van der Waals surface area contributed by atoms with Gasteiger partial charge in [0, 0.05) is 13.0 Å². The number of ether oxygens (including phenoxy) is 2. The fourth-order valence-electron chi connectivity index (χ4n) is 2.04. The number of nitrogens with zero attached hydrogens (tertiary/aromatic N) is 1. The van der Waals surface area contributed by atoms with Crippen molar-refractivity contribution in [3.63, 3.8) is 0 Å². The molecule has 2 atom stereocenters. The van der Waals surface area contributed by atoms with Crippen LogP contribution in [0.25, 0.3) is 0 Å². The van der Waals surface area contributed by atoms with Gasteiger partial charge in [-0.15, -0.1) is 0 Å². The van der Waals surface area contributed by atoms with E-state index in [9.17, 15) is 19.5 Å². The first-order valence-corrected chi connectivity index (χ1v) is 6.90. The Morgan fingerprint density at radius 1 is 1.41 bits per heavy atom. The lowest BCUT2D eigenvalue weighted by molar-refractivity contribution is -0.142. The summed E-state index contributed by atoms with van der Waals surface area (Å²) in [6.45, 7) is 8.60. The Labute approximate surface area is 129 Å². The van der Waals surface area contributed by atoms with Crippen LogP contribution in [0.2, 0.25) is 0 Å². The number of likely N-dealkylation sites (tertiary alicyclic amines) is 1. The van der Waals surface area contributed by atoms with Crippen LogP contribution in [0.15, 0.2) is 12.7 Å². The molecule has 2 amide bonds. The number of carboxylic acid groups (broad SMARTS) is 1. The van der Waals surface area contributed by atoms with E-state index < -0.39 is 35.8 Å². The molecule has 124 valence electrons. The lowest BCUT2D eigenvalue weighted by Gasteiger charge is -2.26. The van der Waals surface area contributed by atoms with Gasteiger partial charge in [0.1, 0.15) is 18.2 Å². The average molecular weight is 314 g/mol. The van der Waals surface area contributed by atoms with Crippen molar-refractivity contribution in [1.82, 2.24) is 10.2 Å². The van der Waals surface area contributed by atoms with Crippen LogP contribution in [0.5, 0.6) is 0 Å². The summed E-state index contributed by atoms with van der Waals surface area (Å²) in [5.74, 6) is -1.14. The molecule has 1 heterocycles. The third-order valence-corrected chi connectivity index (χ3v) is 2.87. The van der Waals surface area contributed by atoms with Crippen LogP contribution in [-0.4, -0.2) is 59.0 Å². The topological polar surface area (TPSA) is 105 Å². The monoisotopic (exact) mass is 314 g/mol. The van der Waals surface area contributed by atoms with E-state index in [1.54, 1.807) is 20.8 Å². The SMILES string of the molecule is C=CCOC(=O)N[C@H]1C[C@@H](C(=O)O)N(C(=O)OC(C)(C)C)C1. The van der Waals surface area contributed by atoms with E-state index in [1.165, 1.54) is 6.08 Å². The third kappa shape index (κ3) is 5.27. The number of carboxylic acids is 1. The molecule has 0 aromatic carbocycles. The van der Waals surface area contributed by atoms with E-state index in [0.29, 0.717) is 0 Å². The highest BCUT2D eigenvalue weighted by Crippen LogP contribution is 2.21. The van der Waals surface area contributed by atoms with Crippen LogP contribution in [0.3, 0.4) is 0 Å². The van der Waals surface area contributed by atoms with E-state index in [0.717, 1.165) is 4.90 Å². The van der Waals surface area contributed by atoms with Crippen LogP contribution in [0.4, 0.5) is 9.59 Å². The van der Waals surface area contributed by atoms with E-state index >= 15 is 0 Å². The predicted octanol–water partition coefficient (Wildman–Crippen LogP) is 1.36. The number of amides is 2. The highest BCUT2D eigenvalue weighted by Gasteiger charge is 2.42. The standard InChI is InChI=1S/C14H22N2O6/c1-5-6-21-12(19)15-9-7-10(11(17)18)16(8-9)13(20)22-14(2,3)4/h5,9-10H,1,6-8H2,2-4H3,(H,15,19)(H,17,18)/t9-,10-/m0/s1. The van der Waals surface area contributed by atoms with Crippen molar-refractivity contribution in [2.75, 3.05) is 13.2 Å². The fourth-order valence-corrected chi connectivity index (χ4v) is 2.04. The second kappa shape index (κ2) is 7.15. The molecule has 0 unspecified atom stereocenters. The van der Waals surface area contributed by atoms with Crippen LogP contribution in [0.1, 0.15) is 27.2 Å². The first-order valence-electron chi connectivity index (χ1n) is 6.90. The van der Waals surface area contributed by atoms with Gasteiger partial charge in [-0.3, -0.25) is 4.90 Å². The quantitative estimate of drug-likeness (QED) is 0.759. The predicted molar refractivity (Wildman–Crippen MR) is 77.4 cm³/mol. The number of carbonyl (C=O) groups is 3. The Morgan fingerprint density at radius 3 is 2.55 bits per heavy atom. The van der Waals surface area contributed by atoms with Crippen LogP contribution < -0.4 is 5.32 Å². The largest absolute Gasteiger partial charge is 0.480 e. The minimum Gasteiger partial charge on any atom is -0.480 e. The summed E-state index contributed by atoms with van der Waals surface area (Å²) in [7, 11) is 0. The summed E-state index contributed by atoms with van der Waals surface area (Å²) >= 11 is 0. The summed E-state index contributed by atoms with van der Waals surface area (Å²) in [5.41, 5.74) is -0.728. The van der Waals surface area contributed by atoms with Crippen LogP contribution >= 0.6 is 0 Å². The minimum atomic E-state index is -1.14. The molecule has 0 aromatic rings. The highest BCUT2D eigenvalue weighted by molar-refractivity contribution is 5.81. The van der Waals surface area contributed by atoms with Gasteiger partial charge >= 0.3 is 18.2 Å². The van der Waals surface area contributed by atoms with Gasteiger partial charge in [-0.1, -0.05) is 12.7 Å². The summed E-state index contributed by atoms with van der Waals surface area (Å²) in [4.78, 5) is 35.9. The average Bonchev–Trinajstić information content (AvgIpc) is 2.78. The van der Waals surface area contributed by atoms with Crippen molar-refractivity contribution < 1.29 is 29.0 Å². The maximum absolute atomic E-state index is 12.1. The Balaban J connectivity index is 2.69. The second-order valence-electron chi connectivity index (χ2n) is 5.95. The molecule has 8 nitrogen and oxygen atoms in total. The number of hydrogen-bond acceptors (Lipinski definition) is 5. The number of nitrogens with one attached hydrogen (secondary N) is 1. The molecule has 0 radical (unpaired) electrons. The maximum atomic E-state index is 12.1. The zero-order valence-corrected chi connectivity index (χ0v) is 13.0. The number of carbonyl (C=O) groups excluding carboxylic acids is 2. The Morgan fingerprint density at radius 2 is 2.05 bits per heavy atom. The molecule has 0 bridgehead atoms. The lowest BCUT2D eigenvalue weighted by atomic mass is 10.2. The number of hydrogen-bond donors (Lipinski definition) is 2. The zero-order chi connectivity index (χ0) is 16.9. The van der Waals surface area contributed by atoms with Crippen LogP contribution in [-0.2, 0) is 14.3 Å². The van der Waals surface area contributed by atoms with Gasteiger partial charge < -0.3 is 19.9 Å². The highest BCUT2D eigenvalue weighted by atomic mass is 16.6. The number of alkyl carbamates (subject to hydrolysis) is 1. The van der Waals surface area contributed by atoms with E-state index in [-0.39, 0.29) is 19.6 Å². The first-order chi connectivity index (χ1) is 10.1. The summed E-state index contributed by atoms with van der Waals surface area (Å²) in [6.07, 6.45) is 0.114. The third-order valence-electron chi connectivity index (χ3n) is 2.87. The van der Waals surface area contributed by atoms with Crippen LogP contribution in [0, 0.1) is 0 Å². The molecular formula is C14H22N2O6. The summed E-state index contributed by atoms with van der Waals surface area (Å²) in [6, 6.07) is -1.55. The molecule has 1 rings (SSSR count). The molecule has 1 aliphatic rings. The minimum absolute atomic E-state index is 0.0507. The summed E-state index contributed by atoms with van der Waals surface area (Å²) in [5, 5.41) is 11.7. The van der Waals surface area contributed by atoms with E-state index in [2.05, 4.69) is 11.9 Å². The van der Waals surface area contributed by atoms with Crippen molar-refractivity contribution >= 4 is 18.2 Å². The van der Waals surface area contributed by atoms with Gasteiger partial charge in [-0.25, -0.2) is 14.4 Å². The molecule has 22 heavy (non-hydrogen) atoms. The Kier molecular flexibility index (Phi) is 5.78. The van der Waals surface area contributed by atoms with Gasteiger partial charge in [0.15, 0.2) is 0 Å². The molecule has 1 saturated heterocycles. The van der Waals surface area contributed by atoms with Crippen molar-refractivity contribution in [3.8, 4) is 0 Å². The van der Waals surface area contributed by atoms with Gasteiger partial charge in [-0.2, -0.15) is 0 Å². The Bertz CT molecular complexity index is 457. The maximum Gasteiger partial charge on any atom is 0.411 e.